The molecule has 0 radical (unpaired) electrons. The number of carbonyl (C=O) groups excluding carboxylic acids is 2. The molecule has 3 aromatic carbocycles. The topological polar surface area (TPSA) is 34.1 Å². The van der Waals surface area contributed by atoms with E-state index in [4.69, 9.17) is 11.6 Å². The van der Waals surface area contributed by atoms with Gasteiger partial charge in [0.1, 0.15) is 0 Å². The molecule has 23 heavy (non-hydrogen) atoms. The van der Waals surface area contributed by atoms with Gasteiger partial charge in [0.25, 0.3) is 0 Å². The van der Waals surface area contributed by atoms with E-state index < -0.39 is 0 Å². The van der Waals surface area contributed by atoms with Gasteiger partial charge in [0, 0.05) is 32.8 Å². The summed E-state index contributed by atoms with van der Waals surface area (Å²) in [6.45, 7) is 0. The van der Waals surface area contributed by atoms with Crippen molar-refractivity contribution < 1.29 is 9.59 Å². The van der Waals surface area contributed by atoms with Crippen LogP contribution in [-0.4, -0.2) is 11.6 Å². The van der Waals surface area contributed by atoms with Crippen LogP contribution in [0.1, 0.15) is 31.8 Å². The average molecular weight is 319 g/mol. The Morgan fingerprint density at radius 3 is 1.74 bits per heavy atom. The first kappa shape index (κ1) is 13.9. The summed E-state index contributed by atoms with van der Waals surface area (Å²) in [6.07, 6.45) is 0. The molecule has 4 rings (SSSR count). The molecule has 0 unspecified atom stereocenters. The van der Waals surface area contributed by atoms with Crippen LogP contribution in [0.25, 0.3) is 11.1 Å². The standard InChI is InChI=1S/C20H11ClO2/c21-18-8-4-3-5-13(18)12-9-10-16-17(11-12)20(23)15-7-2-1-6-14(15)19(16)22/h1-11H. The van der Waals surface area contributed by atoms with Gasteiger partial charge in [0.15, 0.2) is 11.6 Å². The third-order valence-electron chi connectivity index (χ3n) is 4.11. The second-order valence-corrected chi connectivity index (χ2v) is 5.85. The number of benzene rings is 3. The molecular formula is C20H11ClO2. The lowest BCUT2D eigenvalue weighted by Gasteiger charge is -2.18. The van der Waals surface area contributed by atoms with Gasteiger partial charge in [-0.1, -0.05) is 60.1 Å². The largest absolute Gasteiger partial charge is 0.289 e. The van der Waals surface area contributed by atoms with E-state index >= 15 is 0 Å². The number of rotatable bonds is 1. The van der Waals surface area contributed by atoms with Crippen molar-refractivity contribution in [1.29, 1.82) is 0 Å². The molecule has 3 heteroatoms. The van der Waals surface area contributed by atoms with Crippen molar-refractivity contribution in [3.05, 3.63) is 94.0 Å². The average Bonchev–Trinajstić information content (AvgIpc) is 2.60. The SMILES string of the molecule is O=C1c2ccccc2C(=O)c2cc(-c3ccccc3Cl)ccc21. The number of ketones is 2. The Kier molecular flexibility index (Phi) is 3.14. The summed E-state index contributed by atoms with van der Waals surface area (Å²) in [4.78, 5) is 25.3. The molecule has 0 aromatic heterocycles. The van der Waals surface area contributed by atoms with Gasteiger partial charge in [0.2, 0.25) is 0 Å². The van der Waals surface area contributed by atoms with Gasteiger partial charge in [-0.3, -0.25) is 9.59 Å². The molecular weight excluding hydrogens is 308 g/mol. The second kappa shape index (κ2) is 5.18. The van der Waals surface area contributed by atoms with E-state index in [1.54, 1.807) is 42.5 Å². The van der Waals surface area contributed by atoms with E-state index in [9.17, 15) is 9.59 Å². The van der Waals surface area contributed by atoms with Crippen LogP contribution in [-0.2, 0) is 0 Å². The van der Waals surface area contributed by atoms with Gasteiger partial charge in [0.05, 0.1) is 0 Å². The normalized spacial score (nSPS) is 12.7. The summed E-state index contributed by atoms with van der Waals surface area (Å²) in [5.74, 6) is -0.231. The van der Waals surface area contributed by atoms with E-state index in [0.29, 0.717) is 27.3 Å². The molecule has 0 saturated carbocycles. The van der Waals surface area contributed by atoms with Crippen molar-refractivity contribution in [2.24, 2.45) is 0 Å². The van der Waals surface area contributed by atoms with Gasteiger partial charge in [-0.25, -0.2) is 0 Å². The van der Waals surface area contributed by atoms with Crippen molar-refractivity contribution in [2.75, 3.05) is 0 Å². The Labute approximate surface area is 138 Å². The molecule has 0 spiro atoms. The van der Waals surface area contributed by atoms with Crippen molar-refractivity contribution in [2.45, 2.75) is 0 Å². The zero-order chi connectivity index (χ0) is 16.0. The Hall–Kier alpha value is -2.71. The third-order valence-corrected chi connectivity index (χ3v) is 4.44. The van der Waals surface area contributed by atoms with E-state index in [-0.39, 0.29) is 11.6 Å². The van der Waals surface area contributed by atoms with E-state index in [2.05, 4.69) is 0 Å². The molecule has 0 heterocycles. The lowest BCUT2D eigenvalue weighted by Crippen LogP contribution is -2.20. The van der Waals surface area contributed by atoms with E-state index in [1.807, 2.05) is 24.3 Å². The first-order chi connectivity index (χ1) is 11.2. The molecule has 0 fully saturated rings. The quantitative estimate of drug-likeness (QED) is 0.506. The van der Waals surface area contributed by atoms with E-state index in [1.165, 1.54) is 0 Å². The maximum atomic E-state index is 12.7. The predicted molar refractivity (Wildman–Crippen MR) is 90.2 cm³/mol. The summed E-state index contributed by atoms with van der Waals surface area (Å²) in [7, 11) is 0. The summed E-state index contributed by atoms with van der Waals surface area (Å²) in [6, 6.07) is 19.7. The van der Waals surface area contributed by atoms with Crippen LogP contribution < -0.4 is 0 Å². The number of halogens is 1. The monoisotopic (exact) mass is 318 g/mol. The molecule has 1 aliphatic rings. The maximum absolute atomic E-state index is 12.7. The first-order valence-corrected chi connectivity index (χ1v) is 7.62. The van der Waals surface area contributed by atoms with Gasteiger partial charge in [-0.15, -0.1) is 0 Å². The Balaban J connectivity index is 1.92. The number of carbonyl (C=O) groups is 2. The summed E-state index contributed by atoms with van der Waals surface area (Å²) >= 11 is 6.24. The Bertz CT molecular complexity index is 973. The fourth-order valence-electron chi connectivity index (χ4n) is 2.96. The summed E-state index contributed by atoms with van der Waals surface area (Å²) in [5.41, 5.74) is 3.48. The molecule has 0 aliphatic heterocycles. The lowest BCUT2D eigenvalue weighted by atomic mass is 9.83. The molecule has 110 valence electrons. The van der Waals surface area contributed by atoms with Crippen LogP contribution in [0.3, 0.4) is 0 Å². The smallest absolute Gasteiger partial charge is 0.194 e. The minimum atomic E-state index is -0.121. The summed E-state index contributed by atoms with van der Waals surface area (Å²) in [5, 5.41) is 0.613. The lowest BCUT2D eigenvalue weighted by molar-refractivity contribution is 0.0979. The fourth-order valence-corrected chi connectivity index (χ4v) is 3.21. The van der Waals surface area contributed by atoms with E-state index in [0.717, 1.165) is 11.1 Å². The fraction of sp³-hybridized carbons (Fsp3) is 0. The van der Waals surface area contributed by atoms with Gasteiger partial charge in [-0.2, -0.15) is 0 Å². The second-order valence-electron chi connectivity index (χ2n) is 5.44. The third kappa shape index (κ3) is 2.11. The van der Waals surface area contributed by atoms with Crippen LogP contribution in [0, 0.1) is 0 Å². The van der Waals surface area contributed by atoms with Crippen LogP contribution in [0.4, 0.5) is 0 Å². The van der Waals surface area contributed by atoms with Crippen molar-refractivity contribution in [3.63, 3.8) is 0 Å². The van der Waals surface area contributed by atoms with Crippen molar-refractivity contribution >= 4 is 23.2 Å². The molecule has 2 nitrogen and oxygen atoms in total. The minimum Gasteiger partial charge on any atom is -0.289 e. The number of fused-ring (bicyclic) bond motifs is 2. The highest BCUT2D eigenvalue weighted by Gasteiger charge is 2.29. The Morgan fingerprint density at radius 2 is 1.09 bits per heavy atom. The van der Waals surface area contributed by atoms with Crippen LogP contribution in [0.15, 0.2) is 66.7 Å². The molecule has 0 bridgehead atoms. The maximum Gasteiger partial charge on any atom is 0.194 e. The molecule has 0 saturated heterocycles. The molecule has 3 aromatic rings. The number of hydrogen-bond acceptors (Lipinski definition) is 2. The first-order valence-electron chi connectivity index (χ1n) is 7.24. The Morgan fingerprint density at radius 1 is 0.565 bits per heavy atom. The number of hydrogen-bond donors (Lipinski definition) is 0. The van der Waals surface area contributed by atoms with Crippen LogP contribution in [0.2, 0.25) is 5.02 Å². The van der Waals surface area contributed by atoms with Gasteiger partial charge in [-0.05, 0) is 23.8 Å². The highest BCUT2D eigenvalue weighted by atomic mass is 35.5. The molecule has 0 N–H and O–H groups in total. The predicted octanol–water partition coefficient (Wildman–Crippen LogP) is 4.78. The van der Waals surface area contributed by atoms with Gasteiger partial charge < -0.3 is 0 Å². The van der Waals surface area contributed by atoms with Crippen LogP contribution in [0.5, 0.6) is 0 Å². The van der Waals surface area contributed by atoms with Crippen LogP contribution >= 0.6 is 11.6 Å². The minimum absolute atomic E-state index is 0.110. The van der Waals surface area contributed by atoms with Gasteiger partial charge >= 0.3 is 0 Å². The molecule has 0 atom stereocenters. The zero-order valence-electron chi connectivity index (χ0n) is 12.0. The molecule has 1 aliphatic carbocycles. The molecule has 0 amide bonds. The van der Waals surface area contributed by atoms with Crippen molar-refractivity contribution in [1.82, 2.24) is 0 Å². The van der Waals surface area contributed by atoms with Crippen molar-refractivity contribution in [3.8, 4) is 11.1 Å². The summed E-state index contributed by atoms with van der Waals surface area (Å²) < 4.78 is 0. The zero-order valence-corrected chi connectivity index (χ0v) is 12.8. The highest BCUT2D eigenvalue weighted by molar-refractivity contribution is 6.33. The highest BCUT2D eigenvalue weighted by Crippen LogP contribution is 2.33.